The fraction of sp³-hybridized carbons (Fsp3) is 0.391. The number of hydrogen-bond acceptors (Lipinski definition) is 5. The second-order valence-electron chi connectivity index (χ2n) is 7.74. The van der Waals surface area contributed by atoms with Crippen LogP contribution >= 0.6 is 0 Å². The van der Waals surface area contributed by atoms with E-state index >= 15 is 0 Å². The molecule has 4 rings (SSSR count). The van der Waals surface area contributed by atoms with Gasteiger partial charge >= 0.3 is 5.97 Å². The Labute approximate surface area is 164 Å². The van der Waals surface area contributed by atoms with Gasteiger partial charge in [-0.1, -0.05) is 37.3 Å². The van der Waals surface area contributed by atoms with Crippen molar-refractivity contribution >= 4 is 17.5 Å². The molecule has 144 valence electrons. The second-order valence-corrected chi connectivity index (χ2v) is 7.74. The molecule has 2 aromatic rings. The van der Waals surface area contributed by atoms with Crippen molar-refractivity contribution < 1.29 is 14.3 Å². The molecule has 3 atom stereocenters. The molecule has 0 saturated heterocycles. The van der Waals surface area contributed by atoms with Crippen molar-refractivity contribution in [1.82, 2.24) is 4.98 Å². The van der Waals surface area contributed by atoms with Crippen molar-refractivity contribution in [2.75, 3.05) is 7.11 Å². The van der Waals surface area contributed by atoms with Crippen molar-refractivity contribution in [3.05, 3.63) is 65.0 Å². The Hall–Kier alpha value is -2.82. The van der Waals surface area contributed by atoms with E-state index in [1.807, 2.05) is 30.5 Å². The van der Waals surface area contributed by atoms with E-state index in [-0.39, 0.29) is 29.5 Å². The van der Waals surface area contributed by atoms with Crippen LogP contribution < -0.4 is 0 Å². The first-order valence-corrected chi connectivity index (χ1v) is 9.73. The lowest BCUT2D eigenvalue weighted by atomic mass is 9.94. The number of ether oxygens (including phenoxy) is 1. The lowest BCUT2D eigenvalue weighted by Gasteiger charge is -2.11. The molecular formula is C23H24N2O3. The Morgan fingerprint density at radius 2 is 2.04 bits per heavy atom. The molecule has 0 radical (unpaired) electrons. The fourth-order valence-electron chi connectivity index (χ4n) is 4.00. The Bertz CT molecular complexity index is 936. The van der Waals surface area contributed by atoms with Gasteiger partial charge < -0.3 is 4.74 Å². The molecule has 1 saturated carbocycles. The van der Waals surface area contributed by atoms with Crippen LogP contribution in [0.3, 0.4) is 0 Å². The predicted molar refractivity (Wildman–Crippen MR) is 106 cm³/mol. The highest BCUT2D eigenvalue weighted by atomic mass is 16.5. The van der Waals surface area contributed by atoms with E-state index in [1.54, 1.807) is 0 Å². The molecule has 1 aromatic heterocycles. The second kappa shape index (κ2) is 7.66. The van der Waals surface area contributed by atoms with E-state index in [2.05, 4.69) is 29.0 Å². The summed E-state index contributed by atoms with van der Waals surface area (Å²) in [6, 6.07) is 12.1. The monoisotopic (exact) mass is 376 g/mol. The molecular weight excluding hydrogens is 352 g/mol. The molecule has 1 fully saturated rings. The first kappa shape index (κ1) is 18.5. The van der Waals surface area contributed by atoms with Crippen LogP contribution in [0.1, 0.15) is 48.1 Å². The highest BCUT2D eigenvalue weighted by molar-refractivity contribution is 6.08. The third kappa shape index (κ3) is 3.75. The molecule has 0 bridgehead atoms. The number of fused-ring (bicyclic) bond motifs is 1. The van der Waals surface area contributed by atoms with E-state index in [1.165, 1.54) is 12.7 Å². The van der Waals surface area contributed by atoms with Gasteiger partial charge in [0.2, 0.25) is 0 Å². The third-order valence-corrected chi connectivity index (χ3v) is 5.67. The zero-order valence-corrected chi connectivity index (χ0v) is 16.2. The van der Waals surface area contributed by atoms with Gasteiger partial charge in [0, 0.05) is 41.9 Å². The Kier molecular flexibility index (Phi) is 5.07. The normalized spacial score (nSPS) is 20.9. The number of hydrogen-bond donors (Lipinski definition) is 0. The molecule has 5 heteroatoms. The molecule has 2 unspecified atom stereocenters. The number of rotatable bonds is 7. The molecule has 1 aliphatic carbocycles. The summed E-state index contributed by atoms with van der Waals surface area (Å²) in [5.74, 6) is 0.299. The number of pyridine rings is 1. The number of nitrogens with zero attached hydrogens (tertiary/aromatic N) is 2. The Balaban J connectivity index is 1.38. The number of esters is 1. The minimum atomic E-state index is -0.163. The standard InChI is InChI=1S/C23H24N2O3/c1-14(15-6-4-3-5-7-15)8-18(26)10-17-9-16-12-25-22(21(16)13-24-17)19-11-20(19)23(27)28-2/h3-7,9,13-14,19-20H,8,10-12H2,1-2H3/t14-,19?,20?/m0/s1. The topological polar surface area (TPSA) is 68.6 Å². The summed E-state index contributed by atoms with van der Waals surface area (Å²) in [7, 11) is 1.42. The molecule has 2 heterocycles. The van der Waals surface area contributed by atoms with Gasteiger partial charge in [0.25, 0.3) is 0 Å². The number of aromatic nitrogens is 1. The molecule has 1 aliphatic heterocycles. The molecule has 0 N–H and O–H groups in total. The summed E-state index contributed by atoms with van der Waals surface area (Å²) in [4.78, 5) is 33.3. The Morgan fingerprint density at radius 1 is 1.25 bits per heavy atom. The molecule has 2 aliphatic rings. The van der Waals surface area contributed by atoms with Gasteiger partial charge in [0.1, 0.15) is 5.78 Å². The first-order chi connectivity index (χ1) is 13.6. The number of carbonyl (C=O) groups excluding carboxylic acids is 2. The third-order valence-electron chi connectivity index (χ3n) is 5.67. The number of benzene rings is 1. The van der Waals surface area contributed by atoms with Crippen molar-refractivity contribution in [2.24, 2.45) is 16.8 Å². The average Bonchev–Trinajstić information content (AvgIpc) is 3.39. The van der Waals surface area contributed by atoms with Gasteiger partial charge in [0.15, 0.2) is 0 Å². The maximum absolute atomic E-state index is 12.5. The van der Waals surface area contributed by atoms with Crippen LogP contribution in [0.25, 0.3) is 0 Å². The molecule has 5 nitrogen and oxygen atoms in total. The minimum absolute atomic E-state index is 0.0737. The minimum Gasteiger partial charge on any atom is -0.469 e. The summed E-state index contributed by atoms with van der Waals surface area (Å²) in [6.45, 7) is 2.68. The predicted octanol–water partition coefficient (Wildman–Crippen LogP) is 3.50. The maximum atomic E-state index is 12.5. The van der Waals surface area contributed by atoms with Crippen LogP contribution in [0, 0.1) is 11.8 Å². The van der Waals surface area contributed by atoms with Gasteiger partial charge in [0.05, 0.1) is 19.6 Å². The lowest BCUT2D eigenvalue weighted by Crippen LogP contribution is -2.12. The number of ketones is 1. The van der Waals surface area contributed by atoms with E-state index in [4.69, 9.17) is 4.74 Å². The van der Waals surface area contributed by atoms with Crippen LogP contribution in [-0.4, -0.2) is 29.6 Å². The highest BCUT2D eigenvalue weighted by Gasteiger charge is 2.48. The van der Waals surface area contributed by atoms with E-state index in [0.29, 0.717) is 19.4 Å². The van der Waals surface area contributed by atoms with Crippen LogP contribution in [-0.2, 0) is 27.3 Å². The van der Waals surface area contributed by atoms with Crippen molar-refractivity contribution in [1.29, 1.82) is 0 Å². The fourth-order valence-corrected chi connectivity index (χ4v) is 4.00. The summed E-state index contributed by atoms with van der Waals surface area (Å²) in [6.07, 6.45) is 3.46. The van der Waals surface area contributed by atoms with Crippen LogP contribution in [0.4, 0.5) is 0 Å². The molecule has 28 heavy (non-hydrogen) atoms. The summed E-state index contributed by atoms with van der Waals surface area (Å²) < 4.78 is 4.83. The van der Waals surface area contributed by atoms with E-state index in [9.17, 15) is 9.59 Å². The largest absolute Gasteiger partial charge is 0.469 e. The number of Topliss-reactive ketones (excluding diaryl/α,β-unsaturated/α-hetero) is 1. The van der Waals surface area contributed by atoms with E-state index in [0.717, 1.165) is 29.0 Å². The van der Waals surface area contributed by atoms with Gasteiger partial charge in [-0.3, -0.25) is 19.6 Å². The molecule has 1 aromatic carbocycles. The van der Waals surface area contributed by atoms with Crippen molar-refractivity contribution in [3.8, 4) is 0 Å². The van der Waals surface area contributed by atoms with Gasteiger partial charge in [-0.25, -0.2) is 0 Å². The van der Waals surface area contributed by atoms with Crippen molar-refractivity contribution in [3.63, 3.8) is 0 Å². The van der Waals surface area contributed by atoms with E-state index < -0.39 is 0 Å². The number of carbonyl (C=O) groups is 2. The first-order valence-electron chi connectivity index (χ1n) is 9.73. The van der Waals surface area contributed by atoms with Gasteiger partial charge in [-0.2, -0.15) is 0 Å². The summed E-state index contributed by atoms with van der Waals surface area (Å²) in [5.41, 5.74) is 5.05. The zero-order valence-electron chi connectivity index (χ0n) is 16.2. The SMILES string of the molecule is COC(=O)C1CC1C1=NCc2cc(CC(=O)C[C@H](C)c3ccccc3)ncc21. The summed E-state index contributed by atoms with van der Waals surface area (Å²) in [5, 5.41) is 0. The lowest BCUT2D eigenvalue weighted by molar-refractivity contribution is -0.142. The molecule has 0 spiro atoms. The quantitative estimate of drug-likeness (QED) is 0.694. The van der Waals surface area contributed by atoms with Crippen LogP contribution in [0.2, 0.25) is 0 Å². The molecule has 0 amide bonds. The summed E-state index contributed by atoms with van der Waals surface area (Å²) >= 11 is 0. The smallest absolute Gasteiger partial charge is 0.309 e. The number of methoxy groups -OCH3 is 1. The maximum Gasteiger partial charge on any atom is 0.309 e. The average molecular weight is 376 g/mol. The van der Waals surface area contributed by atoms with Gasteiger partial charge in [-0.15, -0.1) is 0 Å². The Morgan fingerprint density at radius 3 is 2.79 bits per heavy atom. The highest BCUT2D eigenvalue weighted by Crippen LogP contribution is 2.44. The van der Waals surface area contributed by atoms with Crippen LogP contribution in [0.5, 0.6) is 0 Å². The van der Waals surface area contributed by atoms with Crippen molar-refractivity contribution in [2.45, 2.75) is 38.6 Å². The number of aliphatic imine (C=N–C) groups is 1. The zero-order chi connectivity index (χ0) is 19.7. The van der Waals surface area contributed by atoms with Gasteiger partial charge in [-0.05, 0) is 29.5 Å². The van der Waals surface area contributed by atoms with Crippen LogP contribution in [0.15, 0.2) is 47.6 Å².